The molecule has 0 radical (unpaired) electrons. The number of rotatable bonds is 5. The Kier molecular flexibility index (Phi) is 5.68. The number of urea groups is 1. The van der Waals surface area contributed by atoms with Crippen LogP contribution in [0.5, 0.6) is 0 Å². The molecule has 2 fully saturated rings. The van der Waals surface area contributed by atoms with Crippen molar-refractivity contribution in [2.45, 2.75) is 51.0 Å². The van der Waals surface area contributed by atoms with E-state index < -0.39 is 34.5 Å². The number of nitrogens with two attached hydrogens (primary N) is 1. The Morgan fingerprint density at radius 3 is 2.60 bits per heavy atom. The third-order valence-electron chi connectivity index (χ3n) is 5.64. The lowest BCUT2D eigenvalue weighted by Gasteiger charge is -2.39. The number of carbonyl (C=O) groups is 3. The molecule has 0 spiro atoms. The van der Waals surface area contributed by atoms with E-state index in [4.69, 9.17) is 10.5 Å². The molecule has 1 heterocycles. The maximum absolute atomic E-state index is 13.4. The highest BCUT2D eigenvalue weighted by Crippen LogP contribution is 2.53. The summed E-state index contributed by atoms with van der Waals surface area (Å²) < 4.78 is 33.1. The van der Waals surface area contributed by atoms with Crippen molar-refractivity contribution < 1.29 is 27.5 Å². The SMILES string of the molecule is CC1(C)C[C@@H]2C[C@](C)(CN2S(=O)(=O)c2cccc(C(=O)OCC(=O)NC(N)=O)c2)C1. The molecule has 164 valence electrons. The summed E-state index contributed by atoms with van der Waals surface area (Å²) in [6, 6.07) is 4.43. The second kappa shape index (κ2) is 7.66. The maximum Gasteiger partial charge on any atom is 0.338 e. The Hall–Kier alpha value is -2.46. The summed E-state index contributed by atoms with van der Waals surface area (Å²) in [5.74, 6) is -1.75. The molecule has 2 bridgehead atoms. The highest BCUT2D eigenvalue weighted by molar-refractivity contribution is 7.89. The van der Waals surface area contributed by atoms with Crippen molar-refractivity contribution >= 4 is 27.9 Å². The first-order valence-electron chi connectivity index (χ1n) is 9.70. The summed E-state index contributed by atoms with van der Waals surface area (Å²) in [5.41, 5.74) is 4.82. The average Bonchev–Trinajstić information content (AvgIpc) is 2.88. The second-order valence-electron chi connectivity index (χ2n) is 9.28. The standard InChI is InChI=1S/C20H27N3O6S/c1-19(2)8-14-9-20(3,11-19)12-23(14)30(27,28)15-6-4-5-13(7-15)17(25)29-10-16(24)22-18(21)26/h4-7,14H,8-12H2,1-3H3,(H3,21,22,24,26)/t14-,20+/m1/s1. The minimum atomic E-state index is -3.80. The number of nitrogens with zero attached hydrogens (tertiary/aromatic N) is 1. The topological polar surface area (TPSA) is 136 Å². The number of hydrogen-bond donors (Lipinski definition) is 2. The Balaban J connectivity index is 1.77. The lowest BCUT2D eigenvalue weighted by Crippen LogP contribution is -2.38. The first kappa shape index (κ1) is 22.2. The predicted octanol–water partition coefficient (Wildman–Crippen LogP) is 1.63. The van der Waals surface area contributed by atoms with Gasteiger partial charge in [-0.1, -0.05) is 26.8 Å². The third kappa shape index (κ3) is 4.65. The quantitative estimate of drug-likeness (QED) is 0.672. The van der Waals surface area contributed by atoms with Gasteiger partial charge in [0.05, 0.1) is 10.5 Å². The van der Waals surface area contributed by atoms with Gasteiger partial charge in [0.15, 0.2) is 6.61 Å². The predicted molar refractivity (Wildman–Crippen MR) is 108 cm³/mol. The molecule has 1 aliphatic heterocycles. The molecule has 1 aromatic carbocycles. The van der Waals surface area contributed by atoms with E-state index in [-0.39, 0.29) is 27.3 Å². The van der Waals surface area contributed by atoms with E-state index in [2.05, 4.69) is 20.8 Å². The van der Waals surface area contributed by atoms with Crippen LogP contribution in [0.4, 0.5) is 4.79 Å². The summed E-state index contributed by atoms with van der Waals surface area (Å²) in [4.78, 5) is 34.2. The van der Waals surface area contributed by atoms with Crippen LogP contribution in [-0.2, 0) is 19.6 Å². The Labute approximate surface area is 176 Å². The molecule has 3 rings (SSSR count). The number of fused-ring (bicyclic) bond motifs is 2. The van der Waals surface area contributed by atoms with Crippen LogP contribution < -0.4 is 11.1 Å². The van der Waals surface area contributed by atoms with Gasteiger partial charge in [0, 0.05) is 12.6 Å². The van der Waals surface area contributed by atoms with Gasteiger partial charge in [-0.05, 0) is 48.3 Å². The average molecular weight is 438 g/mol. The maximum atomic E-state index is 13.4. The van der Waals surface area contributed by atoms with Crippen LogP contribution in [0.15, 0.2) is 29.2 Å². The summed E-state index contributed by atoms with van der Waals surface area (Å²) in [5, 5.41) is 1.77. The minimum absolute atomic E-state index is 0.00309. The van der Waals surface area contributed by atoms with Crippen LogP contribution in [0.1, 0.15) is 50.4 Å². The van der Waals surface area contributed by atoms with E-state index >= 15 is 0 Å². The fourth-order valence-electron chi connectivity index (χ4n) is 5.00. The highest BCUT2D eigenvalue weighted by atomic mass is 32.2. The highest BCUT2D eigenvalue weighted by Gasteiger charge is 2.53. The molecule has 3 amide bonds. The van der Waals surface area contributed by atoms with Gasteiger partial charge in [0.1, 0.15) is 0 Å². The van der Waals surface area contributed by atoms with E-state index in [9.17, 15) is 22.8 Å². The molecule has 2 atom stereocenters. The van der Waals surface area contributed by atoms with Crippen LogP contribution in [-0.4, -0.2) is 49.8 Å². The number of benzene rings is 1. The van der Waals surface area contributed by atoms with Crippen LogP contribution in [0.2, 0.25) is 0 Å². The van der Waals surface area contributed by atoms with Crippen molar-refractivity contribution in [1.82, 2.24) is 9.62 Å². The Bertz CT molecular complexity index is 990. The normalized spacial score (nSPS) is 25.5. The molecular weight excluding hydrogens is 410 g/mol. The molecular formula is C20H27N3O6S. The smallest absolute Gasteiger partial charge is 0.338 e. The van der Waals surface area contributed by atoms with Crippen LogP contribution in [0, 0.1) is 10.8 Å². The van der Waals surface area contributed by atoms with Crippen molar-refractivity contribution in [3.05, 3.63) is 29.8 Å². The molecule has 2 aliphatic rings. The van der Waals surface area contributed by atoms with E-state index in [1.54, 1.807) is 9.62 Å². The fourth-order valence-corrected chi connectivity index (χ4v) is 6.82. The van der Waals surface area contributed by atoms with Crippen molar-refractivity contribution in [3.63, 3.8) is 0 Å². The number of carbonyl (C=O) groups excluding carboxylic acids is 3. The van der Waals surface area contributed by atoms with Gasteiger partial charge in [0.2, 0.25) is 10.0 Å². The van der Waals surface area contributed by atoms with Gasteiger partial charge < -0.3 is 10.5 Å². The number of primary amides is 1. The number of esters is 1. The largest absolute Gasteiger partial charge is 0.452 e. The van der Waals surface area contributed by atoms with Gasteiger partial charge in [-0.3, -0.25) is 10.1 Å². The van der Waals surface area contributed by atoms with E-state index in [1.165, 1.54) is 24.3 Å². The van der Waals surface area contributed by atoms with Gasteiger partial charge in [-0.2, -0.15) is 4.31 Å². The summed E-state index contributed by atoms with van der Waals surface area (Å²) in [7, 11) is -3.80. The first-order valence-corrected chi connectivity index (χ1v) is 11.1. The van der Waals surface area contributed by atoms with E-state index in [0.717, 1.165) is 19.3 Å². The van der Waals surface area contributed by atoms with Crippen LogP contribution in [0.3, 0.4) is 0 Å². The van der Waals surface area contributed by atoms with E-state index in [1.807, 2.05) is 0 Å². The van der Waals surface area contributed by atoms with Crippen molar-refractivity contribution in [2.24, 2.45) is 16.6 Å². The second-order valence-corrected chi connectivity index (χ2v) is 11.2. The molecule has 0 aromatic heterocycles. The zero-order chi connectivity index (χ0) is 22.3. The van der Waals surface area contributed by atoms with Crippen LogP contribution in [0.25, 0.3) is 0 Å². The minimum Gasteiger partial charge on any atom is -0.452 e. The number of sulfonamides is 1. The first-order chi connectivity index (χ1) is 13.8. The van der Waals surface area contributed by atoms with Crippen molar-refractivity contribution in [2.75, 3.05) is 13.2 Å². The van der Waals surface area contributed by atoms with Gasteiger partial charge in [-0.15, -0.1) is 0 Å². The molecule has 0 unspecified atom stereocenters. The zero-order valence-electron chi connectivity index (χ0n) is 17.3. The molecule has 1 saturated heterocycles. The van der Waals surface area contributed by atoms with Gasteiger partial charge in [0.25, 0.3) is 5.91 Å². The molecule has 3 N–H and O–H groups in total. The van der Waals surface area contributed by atoms with Crippen LogP contribution >= 0.6 is 0 Å². The van der Waals surface area contributed by atoms with Gasteiger partial charge >= 0.3 is 12.0 Å². The van der Waals surface area contributed by atoms with Gasteiger partial charge in [-0.25, -0.2) is 18.0 Å². The molecule has 9 nitrogen and oxygen atoms in total. The number of ether oxygens (including phenoxy) is 1. The van der Waals surface area contributed by atoms with Crippen molar-refractivity contribution in [1.29, 1.82) is 0 Å². The monoisotopic (exact) mass is 437 g/mol. The number of amides is 3. The summed E-state index contributed by atoms with van der Waals surface area (Å²) in [6.07, 6.45) is 2.58. The Morgan fingerprint density at radius 2 is 1.93 bits per heavy atom. The molecule has 30 heavy (non-hydrogen) atoms. The molecule has 1 aromatic rings. The number of imide groups is 1. The number of nitrogens with one attached hydrogen (secondary N) is 1. The summed E-state index contributed by atoms with van der Waals surface area (Å²) >= 11 is 0. The molecule has 1 aliphatic carbocycles. The lowest BCUT2D eigenvalue weighted by molar-refractivity contribution is -0.123. The third-order valence-corrected chi connectivity index (χ3v) is 7.53. The molecule has 10 heteroatoms. The zero-order valence-corrected chi connectivity index (χ0v) is 18.1. The molecule has 1 saturated carbocycles. The lowest BCUT2D eigenvalue weighted by atomic mass is 9.65. The van der Waals surface area contributed by atoms with E-state index in [0.29, 0.717) is 6.54 Å². The summed E-state index contributed by atoms with van der Waals surface area (Å²) in [6.45, 7) is 6.20. The Morgan fingerprint density at radius 1 is 1.23 bits per heavy atom. The van der Waals surface area contributed by atoms with Crippen molar-refractivity contribution in [3.8, 4) is 0 Å². The number of hydrogen-bond acceptors (Lipinski definition) is 6. The fraction of sp³-hybridized carbons (Fsp3) is 0.550.